The molecule has 1 saturated heterocycles. The number of nitrogens with one attached hydrogen (secondary N) is 2. The number of hydrogen-bond donors (Lipinski definition) is 2. The molecule has 1 fully saturated rings. The van der Waals surface area contributed by atoms with Crippen LogP contribution < -0.4 is 15.5 Å². The van der Waals surface area contributed by atoms with Gasteiger partial charge in [0, 0.05) is 42.8 Å². The van der Waals surface area contributed by atoms with Gasteiger partial charge in [-0.15, -0.1) is 0 Å². The van der Waals surface area contributed by atoms with E-state index in [0.717, 1.165) is 34.9 Å². The molecule has 2 atom stereocenters. The zero-order valence-corrected chi connectivity index (χ0v) is 22.8. The van der Waals surface area contributed by atoms with Crippen molar-refractivity contribution in [2.24, 2.45) is 5.92 Å². The number of rotatable bonds is 8. The van der Waals surface area contributed by atoms with Gasteiger partial charge < -0.3 is 24.8 Å². The van der Waals surface area contributed by atoms with Crippen LogP contribution in [0.5, 0.6) is 0 Å². The topological polar surface area (TPSA) is 71.4 Å². The van der Waals surface area contributed by atoms with E-state index in [0.29, 0.717) is 22.4 Å². The maximum Gasteiger partial charge on any atom is 0.226 e. The standard InChI is InChI=1S/C27H32ClN5O2S/c1-16(2)26(34)30-22-10-9-19(15-21(22)28)33-25(20-14-17(3)32(18(20)4)12-13-35-5)24(31-27(33)36)23-8-6-7-11-29-23/h6-11,14-16,24-25H,12-13H2,1-5H3,(H,30,34)(H,31,36)/t24-,25+/m0/s1. The molecule has 0 radical (unpaired) electrons. The SMILES string of the molecule is COCCn1c(C)cc([C@@H]2[C@H](c3ccccn3)NC(=S)N2c2ccc(NC(=O)C(C)C)c(Cl)c2)c1C. The number of hydrogen-bond acceptors (Lipinski definition) is 4. The average molecular weight is 526 g/mol. The predicted molar refractivity (Wildman–Crippen MR) is 149 cm³/mol. The van der Waals surface area contributed by atoms with E-state index in [4.69, 9.17) is 28.6 Å². The number of benzene rings is 1. The van der Waals surface area contributed by atoms with Crippen molar-refractivity contribution in [3.63, 3.8) is 0 Å². The fourth-order valence-corrected chi connectivity index (χ4v) is 5.20. The number of amides is 1. The van der Waals surface area contributed by atoms with Crippen molar-refractivity contribution in [2.45, 2.75) is 46.3 Å². The van der Waals surface area contributed by atoms with E-state index in [1.165, 1.54) is 0 Å². The molecule has 0 spiro atoms. The second kappa shape index (κ2) is 11.0. The number of methoxy groups -OCH3 is 1. The third-order valence-electron chi connectivity index (χ3n) is 6.56. The maximum atomic E-state index is 12.2. The quantitative estimate of drug-likeness (QED) is 0.374. The molecule has 0 bridgehead atoms. The molecule has 3 heterocycles. The van der Waals surface area contributed by atoms with E-state index < -0.39 is 0 Å². The summed E-state index contributed by atoms with van der Waals surface area (Å²) >= 11 is 12.5. The lowest BCUT2D eigenvalue weighted by molar-refractivity contribution is -0.118. The summed E-state index contributed by atoms with van der Waals surface area (Å²) in [5.41, 5.74) is 5.78. The van der Waals surface area contributed by atoms with Crippen molar-refractivity contribution in [1.29, 1.82) is 0 Å². The van der Waals surface area contributed by atoms with E-state index in [1.54, 1.807) is 13.3 Å². The Labute approximate surface area is 222 Å². The third-order valence-corrected chi connectivity index (χ3v) is 7.19. The Hall–Kier alpha value is -2.94. The summed E-state index contributed by atoms with van der Waals surface area (Å²) in [6.45, 7) is 9.32. The number of anilines is 2. The summed E-state index contributed by atoms with van der Waals surface area (Å²) in [5.74, 6) is -0.229. The summed E-state index contributed by atoms with van der Waals surface area (Å²) < 4.78 is 7.61. The Morgan fingerprint density at radius 3 is 2.67 bits per heavy atom. The van der Waals surface area contributed by atoms with Gasteiger partial charge in [-0.2, -0.15) is 0 Å². The zero-order valence-electron chi connectivity index (χ0n) is 21.2. The highest BCUT2D eigenvalue weighted by Gasteiger charge is 2.42. The van der Waals surface area contributed by atoms with Gasteiger partial charge in [0.1, 0.15) is 0 Å². The maximum absolute atomic E-state index is 12.2. The Morgan fingerprint density at radius 1 is 1.25 bits per heavy atom. The van der Waals surface area contributed by atoms with Gasteiger partial charge in [-0.25, -0.2) is 0 Å². The van der Waals surface area contributed by atoms with Crippen LogP contribution in [-0.2, 0) is 16.1 Å². The van der Waals surface area contributed by atoms with Crippen molar-refractivity contribution in [3.8, 4) is 0 Å². The van der Waals surface area contributed by atoms with Gasteiger partial charge in [-0.3, -0.25) is 9.78 Å². The fourth-order valence-electron chi connectivity index (χ4n) is 4.64. The van der Waals surface area contributed by atoms with E-state index in [9.17, 15) is 4.79 Å². The van der Waals surface area contributed by atoms with Crippen molar-refractivity contribution < 1.29 is 9.53 Å². The highest BCUT2D eigenvalue weighted by Crippen LogP contribution is 2.44. The van der Waals surface area contributed by atoms with Crippen LogP contribution in [0.1, 0.15) is 48.6 Å². The van der Waals surface area contributed by atoms with Crippen LogP contribution in [0.4, 0.5) is 11.4 Å². The van der Waals surface area contributed by atoms with Gasteiger partial charge in [-0.1, -0.05) is 31.5 Å². The first-order chi connectivity index (χ1) is 17.2. The van der Waals surface area contributed by atoms with Crippen LogP contribution in [0, 0.1) is 19.8 Å². The number of aryl methyl sites for hydroxylation is 1. The fraction of sp³-hybridized carbons (Fsp3) is 0.370. The van der Waals surface area contributed by atoms with Gasteiger partial charge in [0.15, 0.2) is 5.11 Å². The minimum atomic E-state index is -0.158. The van der Waals surface area contributed by atoms with Gasteiger partial charge in [0.25, 0.3) is 0 Å². The smallest absolute Gasteiger partial charge is 0.226 e. The molecule has 190 valence electrons. The number of nitrogens with zero attached hydrogens (tertiary/aromatic N) is 3. The average Bonchev–Trinajstić information content (AvgIpc) is 3.34. The number of aromatic nitrogens is 2. The molecule has 2 N–H and O–H groups in total. The van der Waals surface area contributed by atoms with E-state index >= 15 is 0 Å². The highest BCUT2D eigenvalue weighted by molar-refractivity contribution is 7.80. The van der Waals surface area contributed by atoms with Crippen molar-refractivity contribution >= 4 is 46.2 Å². The lowest BCUT2D eigenvalue weighted by Gasteiger charge is -2.28. The number of halogens is 1. The Bertz CT molecular complexity index is 1260. The Morgan fingerprint density at radius 2 is 2.03 bits per heavy atom. The molecular weight excluding hydrogens is 494 g/mol. The molecule has 2 aromatic heterocycles. The molecule has 0 unspecified atom stereocenters. The van der Waals surface area contributed by atoms with E-state index in [1.807, 2.05) is 50.2 Å². The molecule has 1 aromatic carbocycles. The highest BCUT2D eigenvalue weighted by atomic mass is 35.5. The molecule has 9 heteroatoms. The van der Waals surface area contributed by atoms with Crippen LogP contribution in [0.2, 0.25) is 5.02 Å². The first-order valence-electron chi connectivity index (χ1n) is 12.0. The first-order valence-corrected chi connectivity index (χ1v) is 12.8. The lowest BCUT2D eigenvalue weighted by Crippen LogP contribution is -2.29. The van der Waals surface area contributed by atoms with E-state index in [2.05, 4.69) is 45.0 Å². The second-order valence-corrected chi connectivity index (χ2v) is 10.1. The molecule has 1 aliphatic rings. The number of thiocarbonyl (C=S) groups is 1. The van der Waals surface area contributed by atoms with E-state index in [-0.39, 0.29) is 23.9 Å². The number of ether oxygens (including phenoxy) is 1. The zero-order chi connectivity index (χ0) is 26.0. The number of carbonyl (C=O) groups is 1. The van der Waals surface area contributed by atoms with Gasteiger partial charge in [0.2, 0.25) is 5.91 Å². The van der Waals surface area contributed by atoms with Crippen molar-refractivity contribution in [3.05, 3.63) is 76.3 Å². The number of carbonyl (C=O) groups excluding carboxylic acids is 1. The minimum absolute atomic E-state index is 0.0837. The van der Waals surface area contributed by atoms with Gasteiger partial charge in [-0.05, 0) is 68.0 Å². The van der Waals surface area contributed by atoms with Crippen molar-refractivity contribution in [1.82, 2.24) is 14.9 Å². The summed E-state index contributed by atoms with van der Waals surface area (Å²) in [6.07, 6.45) is 1.80. The van der Waals surface area contributed by atoms with Crippen LogP contribution in [0.15, 0.2) is 48.7 Å². The van der Waals surface area contributed by atoms with Crippen LogP contribution in [0.25, 0.3) is 0 Å². The lowest BCUT2D eigenvalue weighted by atomic mass is 9.96. The van der Waals surface area contributed by atoms with Gasteiger partial charge in [0.05, 0.1) is 35.1 Å². The predicted octanol–water partition coefficient (Wildman–Crippen LogP) is 5.57. The molecule has 3 aromatic rings. The molecule has 1 amide bonds. The minimum Gasteiger partial charge on any atom is -0.383 e. The summed E-state index contributed by atoms with van der Waals surface area (Å²) in [7, 11) is 1.71. The van der Waals surface area contributed by atoms with Crippen LogP contribution in [-0.4, -0.2) is 34.3 Å². The molecule has 0 saturated carbocycles. The molecule has 4 rings (SSSR count). The Kier molecular flexibility index (Phi) is 7.97. The molecule has 7 nitrogen and oxygen atoms in total. The monoisotopic (exact) mass is 525 g/mol. The third kappa shape index (κ3) is 5.12. The number of pyridine rings is 1. The molecular formula is C27H32ClN5O2S. The summed E-state index contributed by atoms with van der Waals surface area (Å²) in [6, 6.07) is 13.4. The normalized spacial score (nSPS) is 17.5. The second-order valence-electron chi connectivity index (χ2n) is 9.28. The molecule has 0 aliphatic carbocycles. The summed E-state index contributed by atoms with van der Waals surface area (Å²) in [4.78, 5) is 18.9. The van der Waals surface area contributed by atoms with Crippen molar-refractivity contribution in [2.75, 3.05) is 23.9 Å². The van der Waals surface area contributed by atoms with Crippen LogP contribution >= 0.6 is 23.8 Å². The summed E-state index contributed by atoms with van der Waals surface area (Å²) in [5, 5.41) is 7.43. The molecule has 36 heavy (non-hydrogen) atoms. The van der Waals surface area contributed by atoms with Crippen LogP contribution in [0.3, 0.4) is 0 Å². The Balaban J connectivity index is 1.78. The first kappa shape index (κ1) is 26.1. The van der Waals surface area contributed by atoms with Gasteiger partial charge >= 0.3 is 0 Å². The molecule has 1 aliphatic heterocycles. The largest absolute Gasteiger partial charge is 0.383 e.